The zero-order chi connectivity index (χ0) is 12.3. The van der Waals surface area contributed by atoms with Gasteiger partial charge in [0.15, 0.2) is 0 Å². The maximum absolute atomic E-state index is 9.10. The molecule has 94 valence electrons. The quantitative estimate of drug-likeness (QED) is 0.876. The molecule has 1 aliphatic carbocycles. The highest BCUT2D eigenvalue weighted by Gasteiger charge is 2.29. The third-order valence-corrected chi connectivity index (χ3v) is 3.66. The van der Waals surface area contributed by atoms with E-state index in [4.69, 9.17) is 9.84 Å². The van der Waals surface area contributed by atoms with E-state index in [0.717, 1.165) is 23.2 Å². The number of rotatable bonds is 6. The number of hydrogen-bond donors (Lipinski definition) is 1. The van der Waals surface area contributed by atoms with E-state index in [1.165, 1.54) is 18.5 Å². The number of nitrogens with zero attached hydrogens (tertiary/aromatic N) is 1. The molecule has 1 saturated carbocycles. The number of benzene rings is 1. The van der Waals surface area contributed by atoms with Crippen LogP contribution in [0.15, 0.2) is 22.7 Å². The summed E-state index contributed by atoms with van der Waals surface area (Å²) in [5, 5.41) is 9.10. The van der Waals surface area contributed by atoms with Crippen LogP contribution in [0, 0.1) is 0 Å². The first-order chi connectivity index (χ1) is 8.26. The lowest BCUT2D eigenvalue weighted by Gasteiger charge is -2.25. The summed E-state index contributed by atoms with van der Waals surface area (Å²) in [4.78, 5) is 2.38. The average Bonchev–Trinajstić information content (AvgIpc) is 3.15. The first kappa shape index (κ1) is 12.9. The fraction of sp³-hybridized carbons (Fsp3) is 0.538. The lowest BCUT2D eigenvalue weighted by molar-refractivity contribution is 0.205. The zero-order valence-corrected chi connectivity index (χ0v) is 11.6. The minimum atomic E-state index is 0.0837. The van der Waals surface area contributed by atoms with E-state index < -0.39 is 0 Å². The van der Waals surface area contributed by atoms with Crippen molar-refractivity contribution in [2.45, 2.75) is 25.5 Å². The molecule has 0 spiro atoms. The van der Waals surface area contributed by atoms with E-state index in [1.807, 2.05) is 12.1 Å². The first-order valence-corrected chi connectivity index (χ1v) is 6.70. The fourth-order valence-electron chi connectivity index (χ4n) is 1.96. The third kappa shape index (κ3) is 3.21. The van der Waals surface area contributed by atoms with Gasteiger partial charge in [-0.1, -0.05) is 6.07 Å². The van der Waals surface area contributed by atoms with Gasteiger partial charge in [-0.15, -0.1) is 0 Å². The topological polar surface area (TPSA) is 32.7 Å². The van der Waals surface area contributed by atoms with Crippen LogP contribution in [0.1, 0.15) is 18.4 Å². The first-order valence-electron chi connectivity index (χ1n) is 5.91. The van der Waals surface area contributed by atoms with Gasteiger partial charge in [0.05, 0.1) is 18.9 Å². The van der Waals surface area contributed by atoms with Crippen molar-refractivity contribution in [3.63, 3.8) is 0 Å². The Balaban J connectivity index is 2.16. The summed E-state index contributed by atoms with van der Waals surface area (Å²) in [5.74, 6) is 0. The highest BCUT2D eigenvalue weighted by atomic mass is 79.9. The fourth-order valence-corrected chi connectivity index (χ4v) is 2.61. The second kappa shape index (κ2) is 5.85. The van der Waals surface area contributed by atoms with Crippen LogP contribution in [0.4, 0.5) is 5.69 Å². The van der Waals surface area contributed by atoms with Gasteiger partial charge in [-0.3, -0.25) is 0 Å². The Bertz CT molecular complexity index is 380. The molecule has 0 amide bonds. The Kier molecular flexibility index (Phi) is 4.42. The molecule has 1 aliphatic rings. The number of ether oxygens (including phenoxy) is 1. The van der Waals surface area contributed by atoms with Crippen molar-refractivity contribution in [3.8, 4) is 0 Å². The Hall–Kier alpha value is -0.580. The second-order valence-electron chi connectivity index (χ2n) is 4.36. The Labute approximate surface area is 111 Å². The molecule has 1 aromatic carbocycles. The molecular weight excluding hydrogens is 282 g/mol. The second-order valence-corrected chi connectivity index (χ2v) is 5.22. The molecule has 0 atom stereocenters. The molecule has 0 saturated heterocycles. The SMILES string of the molecule is COCCN(c1ccc(CO)cc1Br)C1CC1. The van der Waals surface area contributed by atoms with Crippen LogP contribution >= 0.6 is 15.9 Å². The molecule has 1 aromatic rings. The molecule has 1 N–H and O–H groups in total. The largest absolute Gasteiger partial charge is 0.392 e. The lowest BCUT2D eigenvalue weighted by atomic mass is 10.2. The van der Waals surface area contributed by atoms with Crippen LogP contribution < -0.4 is 4.90 Å². The third-order valence-electron chi connectivity index (χ3n) is 3.03. The number of hydrogen-bond acceptors (Lipinski definition) is 3. The van der Waals surface area contributed by atoms with Gasteiger partial charge in [-0.05, 0) is 46.5 Å². The van der Waals surface area contributed by atoms with Crippen LogP contribution in [0.5, 0.6) is 0 Å². The molecular formula is C13H18BrNO2. The molecule has 0 aliphatic heterocycles. The maximum atomic E-state index is 9.10. The number of anilines is 1. The van der Waals surface area contributed by atoms with Gasteiger partial charge in [0.2, 0.25) is 0 Å². The number of aliphatic hydroxyl groups excluding tert-OH is 1. The number of methoxy groups -OCH3 is 1. The normalized spacial score (nSPS) is 15.0. The maximum Gasteiger partial charge on any atom is 0.0682 e. The molecule has 0 aromatic heterocycles. The van der Waals surface area contributed by atoms with Crippen molar-refractivity contribution >= 4 is 21.6 Å². The van der Waals surface area contributed by atoms with Gasteiger partial charge in [0, 0.05) is 24.2 Å². The number of halogens is 1. The van der Waals surface area contributed by atoms with Gasteiger partial charge in [0.25, 0.3) is 0 Å². The smallest absolute Gasteiger partial charge is 0.0682 e. The number of aliphatic hydroxyl groups is 1. The molecule has 17 heavy (non-hydrogen) atoms. The van der Waals surface area contributed by atoms with Crippen LogP contribution in [-0.4, -0.2) is 31.4 Å². The zero-order valence-electron chi connectivity index (χ0n) is 10.0. The summed E-state index contributed by atoms with van der Waals surface area (Å²) in [6.07, 6.45) is 2.52. The summed E-state index contributed by atoms with van der Waals surface area (Å²) in [6.45, 7) is 1.74. The summed E-state index contributed by atoms with van der Waals surface area (Å²) < 4.78 is 6.21. The van der Waals surface area contributed by atoms with E-state index in [1.54, 1.807) is 7.11 Å². The van der Waals surface area contributed by atoms with Crippen molar-refractivity contribution < 1.29 is 9.84 Å². The summed E-state index contributed by atoms with van der Waals surface area (Å²) in [6, 6.07) is 6.69. The Morgan fingerprint density at radius 3 is 2.76 bits per heavy atom. The summed E-state index contributed by atoms with van der Waals surface area (Å²) in [7, 11) is 1.73. The highest BCUT2D eigenvalue weighted by Crippen LogP contribution is 2.36. The van der Waals surface area contributed by atoms with Crippen LogP contribution in [0.2, 0.25) is 0 Å². The van der Waals surface area contributed by atoms with Crippen molar-refractivity contribution in [2.24, 2.45) is 0 Å². The van der Waals surface area contributed by atoms with Crippen LogP contribution in [0.3, 0.4) is 0 Å². The van der Waals surface area contributed by atoms with E-state index in [-0.39, 0.29) is 6.61 Å². The molecule has 1 fully saturated rings. The molecule has 0 bridgehead atoms. The van der Waals surface area contributed by atoms with Gasteiger partial charge < -0.3 is 14.7 Å². The molecule has 4 heteroatoms. The molecule has 0 heterocycles. The van der Waals surface area contributed by atoms with Crippen LogP contribution in [-0.2, 0) is 11.3 Å². The highest BCUT2D eigenvalue weighted by molar-refractivity contribution is 9.10. The minimum Gasteiger partial charge on any atom is -0.392 e. The molecule has 0 unspecified atom stereocenters. The van der Waals surface area contributed by atoms with Crippen molar-refractivity contribution in [3.05, 3.63) is 28.2 Å². The Morgan fingerprint density at radius 2 is 2.24 bits per heavy atom. The summed E-state index contributed by atoms with van der Waals surface area (Å²) >= 11 is 3.58. The van der Waals surface area contributed by atoms with E-state index >= 15 is 0 Å². The molecule has 3 nitrogen and oxygen atoms in total. The van der Waals surface area contributed by atoms with E-state index in [9.17, 15) is 0 Å². The average molecular weight is 300 g/mol. The van der Waals surface area contributed by atoms with Gasteiger partial charge in [0.1, 0.15) is 0 Å². The molecule has 0 radical (unpaired) electrons. The predicted molar refractivity (Wildman–Crippen MR) is 72.3 cm³/mol. The standard InChI is InChI=1S/C13H18BrNO2/c1-17-7-6-15(11-3-4-11)13-5-2-10(9-16)8-12(13)14/h2,5,8,11,16H,3-4,6-7,9H2,1H3. The van der Waals surface area contributed by atoms with Crippen molar-refractivity contribution in [2.75, 3.05) is 25.2 Å². The molecule has 2 rings (SSSR count). The minimum absolute atomic E-state index is 0.0837. The summed E-state index contributed by atoms with van der Waals surface area (Å²) in [5.41, 5.74) is 2.13. The van der Waals surface area contributed by atoms with Gasteiger partial charge in [-0.2, -0.15) is 0 Å². The van der Waals surface area contributed by atoms with Gasteiger partial charge in [-0.25, -0.2) is 0 Å². The lowest BCUT2D eigenvalue weighted by Crippen LogP contribution is -2.29. The van der Waals surface area contributed by atoms with Crippen molar-refractivity contribution in [1.82, 2.24) is 0 Å². The van der Waals surface area contributed by atoms with Gasteiger partial charge >= 0.3 is 0 Å². The Morgan fingerprint density at radius 1 is 1.47 bits per heavy atom. The van der Waals surface area contributed by atoms with Crippen LogP contribution in [0.25, 0.3) is 0 Å². The van der Waals surface area contributed by atoms with Crippen molar-refractivity contribution in [1.29, 1.82) is 0 Å². The predicted octanol–water partition coefficient (Wildman–Crippen LogP) is 2.56. The van der Waals surface area contributed by atoms with E-state index in [2.05, 4.69) is 26.9 Å². The van der Waals surface area contributed by atoms with E-state index in [0.29, 0.717) is 6.04 Å². The monoisotopic (exact) mass is 299 g/mol.